The molecule has 0 spiro atoms. The third-order valence-electron chi connectivity index (χ3n) is 3.31. The summed E-state index contributed by atoms with van der Waals surface area (Å²) in [5.74, 6) is -0.450. The highest BCUT2D eigenvalue weighted by Crippen LogP contribution is 2.32. The second-order valence-corrected chi connectivity index (χ2v) is 5.00. The van der Waals surface area contributed by atoms with Gasteiger partial charge in [-0.1, -0.05) is 11.6 Å². The summed E-state index contributed by atoms with van der Waals surface area (Å²) in [6.45, 7) is 2.80. The lowest BCUT2D eigenvalue weighted by molar-refractivity contribution is 0.0738. The molecule has 2 rings (SSSR count). The molecule has 7 heteroatoms. The second kappa shape index (κ2) is 8.08. The monoisotopic (exact) mass is 328 g/mol. The van der Waals surface area contributed by atoms with E-state index < -0.39 is 18.3 Å². The van der Waals surface area contributed by atoms with Crippen molar-refractivity contribution in [2.75, 3.05) is 26.2 Å². The van der Waals surface area contributed by atoms with Crippen LogP contribution in [0.4, 0.5) is 13.2 Å². The molecule has 1 aliphatic rings. The van der Waals surface area contributed by atoms with E-state index in [0.717, 1.165) is 13.1 Å². The van der Waals surface area contributed by atoms with Crippen LogP contribution in [0.15, 0.2) is 18.2 Å². The molecule has 2 nitrogen and oxygen atoms in total. The molecule has 1 saturated heterocycles. The first-order valence-corrected chi connectivity index (χ1v) is 6.63. The van der Waals surface area contributed by atoms with Gasteiger partial charge in [0.1, 0.15) is 5.82 Å². The van der Waals surface area contributed by atoms with E-state index in [-0.39, 0.29) is 18.8 Å². The Hall–Kier alpha value is -0.490. The summed E-state index contributed by atoms with van der Waals surface area (Å²) in [7, 11) is 0. The summed E-state index contributed by atoms with van der Waals surface area (Å²) >= 11 is 6.04. The van der Waals surface area contributed by atoms with Crippen LogP contribution in [0.25, 0.3) is 0 Å². The first kappa shape index (κ1) is 17.6. The molecule has 1 fully saturated rings. The molecule has 0 aromatic heterocycles. The van der Waals surface area contributed by atoms with Gasteiger partial charge >= 0.3 is 0 Å². The molecule has 0 aliphatic carbocycles. The minimum Gasteiger partial charge on any atom is -0.314 e. The highest BCUT2D eigenvalue weighted by molar-refractivity contribution is 6.31. The number of nitrogens with zero attached hydrogens (tertiary/aromatic N) is 1. The van der Waals surface area contributed by atoms with Gasteiger partial charge in [-0.3, -0.25) is 4.90 Å². The van der Waals surface area contributed by atoms with Crippen LogP contribution in [0.3, 0.4) is 0 Å². The fraction of sp³-hybridized carbons (Fsp3) is 0.538. The van der Waals surface area contributed by atoms with Gasteiger partial charge in [-0.2, -0.15) is 0 Å². The Kier molecular flexibility index (Phi) is 7.09. The molecular formula is C13H17Cl2F3N2. The van der Waals surface area contributed by atoms with Crippen molar-refractivity contribution in [3.8, 4) is 0 Å². The van der Waals surface area contributed by atoms with Gasteiger partial charge < -0.3 is 5.32 Å². The summed E-state index contributed by atoms with van der Waals surface area (Å²) in [6, 6.07) is 3.39. The molecule has 1 aromatic carbocycles. The Morgan fingerprint density at radius 3 is 2.50 bits per heavy atom. The molecule has 1 aliphatic heterocycles. The molecular weight excluding hydrogens is 312 g/mol. The van der Waals surface area contributed by atoms with Gasteiger partial charge in [-0.25, -0.2) is 13.2 Å². The molecule has 0 amide bonds. The Morgan fingerprint density at radius 2 is 1.90 bits per heavy atom. The molecule has 0 unspecified atom stereocenters. The minimum absolute atomic E-state index is 0. The van der Waals surface area contributed by atoms with E-state index in [4.69, 9.17) is 11.6 Å². The number of piperazine rings is 1. The Balaban J connectivity index is 0.00000200. The molecule has 1 heterocycles. The van der Waals surface area contributed by atoms with Crippen LogP contribution in [0.2, 0.25) is 5.02 Å². The summed E-state index contributed by atoms with van der Waals surface area (Å²) < 4.78 is 38.9. The van der Waals surface area contributed by atoms with Crippen LogP contribution in [-0.4, -0.2) is 37.5 Å². The quantitative estimate of drug-likeness (QED) is 0.910. The second-order valence-electron chi connectivity index (χ2n) is 4.59. The number of hydrogen-bond donors (Lipinski definition) is 1. The number of benzene rings is 1. The lowest BCUT2D eigenvalue weighted by Gasteiger charge is -2.35. The van der Waals surface area contributed by atoms with Crippen molar-refractivity contribution in [1.82, 2.24) is 10.2 Å². The molecule has 1 aromatic rings. The summed E-state index contributed by atoms with van der Waals surface area (Å²) in [4.78, 5) is 1.93. The molecule has 0 radical (unpaired) electrons. The van der Waals surface area contributed by atoms with Crippen LogP contribution in [0, 0.1) is 5.82 Å². The fourth-order valence-corrected chi connectivity index (χ4v) is 2.65. The summed E-state index contributed by atoms with van der Waals surface area (Å²) in [5, 5.41) is 3.50. The van der Waals surface area contributed by atoms with E-state index in [2.05, 4.69) is 5.32 Å². The highest BCUT2D eigenvalue weighted by Gasteiger charge is 2.27. The minimum atomic E-state index is -2.45. The third kappa shape index (κ3) is 4.52. The van der Waals surface area contributed by atoms with Crippen molar-refractivity contribution in [2.45, 2.75) is 18.9 Å². The van der Waals surface area contributed by atoms with Gasteiger partial charge in [0.25, 0.3) is 0 Å². The summed E-state index contributed by atoms with van der Waals surface area (Å²) in [6.07, 6.45) is -2.78. The van der Waals surface area contributed by atoms with Crippen molar-refractivity contribution in [1.29, 1.82) is 0 Å². The highest BCUT2D eigenvalue weighted by atomic mass is 35.5. The zero-order valence-corrected chi connectivity index (χ0v) is 12.4. The smallest absolute Gasteiger partial charge is 0.240 e. The van der Waals surface area contributed by atoms with Gasteiger partial charge in [0.05, 0.1) is 0 Å². The molecule has 20 heavy (non-hydrogen) atoms. The predicted octanol–water partition coefficient (Wildman–Crippen LogP) is 3.50. The van der Waals surface area contributed by atoms with E-state index >= 15 is 0 Å². The Bertz CT molecular complexity index is 426. The maximum absolute atomic E-state index is 13.3. The molecule has 0 bridgehead atoms. The first-order valence-electron chi connectivity index (χ1n) is 6.26. The Morgan fingerprint density at radius 1 is 1.25 bits per heavy atom. The van der Waals surface area contributed by atoms with Gasteiger partial charge in [-0.15, -0.1) is 12.4 Å². The van der Waals surface area contributed by atoms with Crippen molar-refractivity contribution >= 4 is 24.0 Å². The van der Waals surface area contributed by atoms with Crippen LogP contribution in [0.1, 0.15) is 18.0 Å². The average molecular weight is 329 g/mol. The van der Waals surface area contributed by atoms with E-state index in [9.17, 15) is 13.2 Å². The molecule has 0 saturated carbocycles. The van der Waals surface area contributed by atoms with Crippen LogP contribution >= 0.6 is 24.0 Å². The summed E-state index contributed by atoms with van der Waals surface area (Å²) in [5.41, 5.74) is 0.448. The van der Waals surface area contributed by atoms with Crippen LogP contribution in [0.5, 0.6) is 0 Å². The number of alkyl halides is 2. The van der Waals surface area contributed by atoms with Gasteiger partial charge in [0, 0.05) is 43.7 Å². The third-order valence-corrected chi connectivity index (χ3v) is 3.66. The topological polar surface area (TPSA) is 15.3 Å². The van der Waals surface area contributed by atoms with Gasteiger partial charge in [0.15, 0.2) is 0 Å². The van der Waals surface area contributed by atoms with Crippen LogP contribution < -0.4 is 5.32 Å². The molecule has 1 atom stereocenters. The number of nitrogens with one attached hydrogen (secondary N) is 1. The van der Waals surface area contributed by atoms with E-state index in [1.165, 1.54) is 18.2 Å². The van der Waals surface area contributed by atoms with Crippen molar-refractivity contribution in [2.24, 2.45) is 0 Å². The van der Waals surface area contributed by atoms with Crippen molar-refractivity contribution in [3.63, 3.8) is 0 Å². The molecule has 114 valence electrons. The van der Waals surface area contributed by atoms with Gasteiger partial charge in [0.2, 0.25) is 6.43 Å². The molecule has 1 N–H and O–H groups in total. The zero-order valence-electron chi connectivity index (χ0n) is 10.8. The average Bonchev–Trinajstić information content (AvgIpc) is 2.40. The number of rotatable bonds is 4. The van der Waals surface area contributed by atoms with E-state index in [1.54, 1.807) is 0 Å². The van der Waals surface area contributed by atoms with Crippen molar-refractivity contribution in [3.05, 3.63) is 34.6 Å². The standard InChI is InChI=1S/C13H16ClF3N2.ClH/c14-11-2-1-9(15)7-10(11)12(8-13(16)17)19-5-3-18-4-6-19;/h1-2,7,12-13,18H,3-6,8H2;1H/t12-;/m1./s1. The largest absolute Gasteiger partial charge is 0.314 e. The van der Waals surface area contributed by atoms with E-state index in [0.29, 0.717) is 23.7 Å². The fourth-order valence-electron chi connectivity index (χ4n) is 2.41. The van der Waals surface area contributed by atoms with Crippen LogP contribution in [-0.2, 0) is 0 Å². The van der Waals surface area contributed by atoms with Crippen molar-refractivity contribution < 1.29 is 13.2 Å². The van der Waals surface area contributed by atoms with Gasteiger partial charge in [-0.05, 0) is 23.8 Å². The first-order chi connectivity index (χ1) is 9.08. The lowest BCUT2D eigenvalue weighted by atomic mass is 10.0. The zero-order chi connectivity index (χ0) is 13.8. The number of halogens is 5. The SMILES string of the molecule is Cl.Fc1ccc(Cl)c([C@@H](CC(F)F)N2CCNCC2)c1. The maximum Gasteiger partial charge on any atom is 0.240 e. The van der Waals surface area contributed by atoms with E-state index in [1.807, 2.05) is 4.90 Å². The number of hydrogen-bond acceptors (Lipinski definition) is 2. The predicted molar refractivity (Wildman–Crippen MR) is 76.5 cm³/mol. The maximum atomic E-state index is 13.3. The normalized spacial score (nSPS) is 17.9. The Labute approximate surface area is 127 Å². The lowest BCUT2D eigenvalue weighted by Crippen LogP contribution is -2.45.